The first kappa shape index (κ1) is 32.3. The van der Waals surface area contributed by atoms with E-state index in [1.807, 2.05) is 6.08 Å². The molecule has 2 aliphatic carbocycles. The Hall–Kier alpha value is -5.30. The minimum absolute atomic E-state index is 0.0511. The number of nitro benzene ring substituents is 1. The van der Waals surface area contributed by atoms with Crippen molar-refractivity contribution in [3.05, 3.63) is 92.8 Å². The van der Waals surface area contributed by atoms with Gasteiger partial charge in [-0.3, -0.25) is 34.2 Å². The summed E-state index contributed by atoms with van der Waals surface area (Å²) in [5.74, 6) is -7.17. The molecule has 0 aromatic heterocycles. The Balaban J connectivity index is 1.38. The number of nitrogens with zero attached hydrogens (tertiary/aromatic N) is 3. The average Bonchev–Trinajstić information content (AvgIpc) is 3.45. The Morgan fingerprint density at radius 2 is 1.55 bits per heavy atom. The normalized spacial score (nSPS) is 27.4. The number of rotatable bonds is 6. The zero-order valence-corrected chi connectivity index (χ0v) is 27.1. The third kappa shape index (κ3) is 4.55. The molecule has 0 radical (unpaired) electrons. The minimum atomic E-state index is -1.44. The third-order valence-corrected chi connectivity index (χ3v) is 10.9. The number of phenolic OH excluding ortho intramolecular Hbond substituents is 1. The number of hydrogen-bond donors (Lipinski definition) is 1. The molecular weight excluding hydrogens is 661 g/mol. The zero-order valence-electron chi connectivity index (χ0n) is 26.4. The number of halogens is 2. The fourth-order valence-electron chi connectivity index (χ4n) is 8.32. The lowest BCUT2D eigenvalue weighted by molar-refractivity contribution is -0.384. The summed E-state index contributed by atoms with van der Waals surface area (Å²) in [6, 6.07) is 11.8. The number of ether oxygens (including phenoxy) is 2. The van der Waals surface area contributed by atoms with Crippen molar-refractivity contribution in [3.63, 3.8) is 0 Å². The largest absolute Gasteiger partial charge is 0.502 e. The first-order valence-corrected chi connectivity index (χ1v) is 15.8. The van der Waals surface area contributed by atoms with Gasteiger partial charge in [0.25, 0.3) is 5.69 Å². The van der Waals surface area contributed by atoms with Crippen LogP contribution < -0.4 is 19.3 Å². The lowest BCUT2D eigenvalue weighted by atomic mass is 9.51. The first-order valence-electron chi connectivity index (χ1n) is 15.4. The summed E-state index contributed by atoms with van der Waals surface area (Å²) < 4.78 is 25.0. The van der Waals surface area contributed by atoms with Gasteiger partial charge in [-0.2, -0.15) is 0 Å². The van der Waals surface area contributed by atoms with Crippen LogP contribution in [0.3, 0.4) is 0 Å². The molecule has 6 unspecified atom stereocenters. The SMILES string of the molecule is COc1cc(C2C3=CCC4C(=O)N(c5ccc([N+](=O)[O-])cc5)C(=O)C4C3CC3C(=O)N(c4ccc(F)c(Cl)c4)C(=O)C32C)cc(OC)c1O. The lowest BCUT2D eigenvalue weighted by Crippen LogP contribution is -2.48. The van der Waals surface area contributed by atoms with E-state index < -0.39 is 69.4 Å². The van der Waals surface area contributed by atoms with Crippen LogP contribution in [0, 0.1) is 45.0 Å². The number of amides is 4. The first-order chi connectivity index (χ1) is 23.3. The van der Waals surface area contributed by atoms with Gasteiger partial charge in [0, 0.05) is 18.1 Å². The Morgan fingerprint density at radius 1 is 0.918 bits per heavy atom. The Labute approximate surface area is 283 Å². The number of methoxy groups -OCH3 is 2. The third-order valence-electron chi connectivity index (χ3n) is 10.6. The van der Waals surface area contributed by atoms with Crippen LogP contribution in [0.5, 0.6) is 17.2 Å². The maximum atomic E-state index is 14.6. The summed E-state index contributed by atoms with van der Waals surface area (Å²) in [4.78, 5) is 69.7. The topological polar surface area (TPSA) is 157 Å². The number of fused-ring (bicyclic) bond motifs is 4. The van der Waals surface area contributed by atoms with Crippen molar-refractivity contribution in [3.8, 4) is 17.2 Å². The second kappa shape index (κ2) is 11.4. The number of aromatic hydroxyl groups is 1. The number of phenols is 1. The number of imide groups is 2. The summed E-state index contributed by atoms with van der Waals surface area (Å²) >= 11 is 6.07. The van der Waals surface area contributed by atoms with E-state index >= 15 is 0 Å². The Morgan fingerprint density at radius 3 is 2.14 bits per heavy atom. The predicted molar refractivity (Wildman–Crippen MR) is 173 cm³/mol. The predicted octanol–water partition coefficient (Wildman–Crippen LogP) is 5.55. The quantitative estimate of drug-likeness (QED) is 0.152. The molecular formula is C35H29ClFN3O9. The molecule has 12 nitrogen and oxygen atoms in total. The molecule has 1 saturated carbocycles. The van der Waals surface area contributed by atoms with E-state index in [2.05, 4.69) is 0 Å². The number of anilines is 2. The highest BCUT2D eigenvalue weighted by molar-refractivity contribution is 6.32. The van der Waals surface area contributed by atoms with E-state index in [4.69, 9.17) is 21.1 Å². The van der Waals surface area contributed by atoms with Gasteiger partial charge in [0.05, 0.1) is 58.7 Å². The van der Waals surface area contributed by atoms with Crippen LogP contribution in [0.2, 0.25) is 5.02 Å². The highest BCUT2D eigenvalue weighted by atomic mass is 35.5. The smallest absolute Gasteiger partial charge is 0.269 e. The second-order valence-corrected chi connectivity index (χ2v) is 13.2. The molecule has 3 aromatic rings. The number of non-ortho nitro benzene ring substituents is 1. The van der Waals surface area contributed by atoms with Gasteiger partial charge in [-0.25, -0.2) is 9.29 Å². The van der Waals surface area contributed by atoms with Crippen molar-refractivity contribution in [2.75, 3.05) is 24.0 Å². The number of carbonyl (C=O) groups is 4. The van der Waals surface area contributed by atoms with Gasteiger partial charge in [-0.1, -0.05) is 23.3 Å². The highest BCUT2D eigenvalue weighted by Crippen LogP contribution is 2.64. The molecule has 14 heteroatoms. The number of benzene rings is 3. The monoisotopic (exact) mass is 689 g/mol. The van der Waals surface area contributed by atoms with E-state index in [-0.39, 0.29) is 52.2 Å². The van der Waals surface area contributed by atoms with Crippen LogP contribution in [0.15, 0.2) is 66.2 Å². The molecule has 4 aliphatic rings. The molecule has 2 saturated heterocycles. The van der Waals surface area contributed by atoms with E-state index in [0.717, 1.165) is 15.9 Å². The molecule has 252 valence electrons. The van der Waals surface area contributed by atoms with Gasteiger partial charge >= 0.3 is 0 Å². The van der Waals surface area contributed by atoms with Crippen molar-refractivity contribution in [2.24, 2.45) is 29.1 Å². The Bertz CT molecular complexity index is 1990. The molecule has 1 N–H and O–H groups in total. The van der Waals surface area contributed by atoms with Gasteiger partial charge in [-0.15, -0.1) is 0 Å². The molecule has 6 atom stereocenters. The summed E-state index contributed by atoms with van der Waals surface area (Å²) in [5, 5.41) is 21.7. The van der Waals surface area contributed by atoms with Crippen LogP contribution in [0.1, 0.15) is 31.2 Å². The van der Waals surface area contributed by atoms with Crippen LogP contribution >= 0.6 is 11.6 Å². The van der Waals surface area contributed by atoms with Gasteiger partial charge < -0.3 is 14.6 Å². The van der Waals surface area contributed by atoms with E-state index in [0.29, 0.717) is 11.1 Å². The van der Waals surface area contributed by atoms with E-state index in [1.54, 1.807) is 19.1 Å². The molecule has 7 rings (SSSR count). The van der Waals surface area contributed by atoms with Gasteiger partial charge in [0.1, 0.15) is 5.82 Å². The fraction of sp³-hybridized carbons (Fsp3) is 0.314. The standard InChI is InChI=1S/C35H29ClFN3O9/c1-35-23(32(43)39(34(35)45)19-8-11-25(37)24(36)14-19)15-22-20(29(35)16-12-26(48-2)30(41)27(13-16)49-3)9-10-21-28(22)33(44)38(31(21)42)17-4-6-18(7-5-17)40(46)47/h4-9,11-14,21-23,28-29,41H,10,15H2,1-3H3. The molecule has 2 heterocycles. The van der Waals surface area contributed by atoms with Gasteiger partial charge in [0.2, 0.25) is 29.4 Å². The molecule has 49 heavy (non-hydrogen) atoms. The molecule has 3 fully saturated rings. The van der Waals surface area contributed by atoms with Gasteiger partial charge in [0.15, 0.2) is 11.5 Å². The molecule has 3 aromatic carbocycles. The molecule has 2 aliphatic heterocycles. The summed E-state index contributed by atoms with van der Waals surface area (Å²) in [5.41, 5.74) is -0.228. The average molecular weight is 690 g/mol. The Kier molecular flexibility index (Phi) is 7.51. The van der Waals surface area contributed by atoms with Crippen molar-refractivity contribution >= 4 is 52.3 Å². The summed E-state index contributed by atoms with van der Waals surface area (Å²) in [6.45, 7) is 1.67. The number of nitro groups is 1. The van der Waals surface area contributed by atoms with E-state index in [1.165, 1.54) is 50.6 Å². The van der Waals surface area contributed by atoms with Crippen molar-refractivity contribution < 1.29 is 43.1 Å². The number of hydrogen-bond acceptors (Lipinski definition) is 9. The van der Waals surface area contributed by atoms with Crippen LogP contribution in [-0.2, 0) is 19.2 Å². The fourth-order valence-corrected chi connectivity index (χ4v) is 8.50. The second-order valence-electron chi connectivity index (χ2n) is 12.8. The van der Waals surface area contributed by atoms with Crippen molar-refractivity contribution in [2.45, 2.75) is 25.7 Å². The summed E-state index contributed by atoms with van der Waals surface area (Å²) in [6.07, 6.45) is 2.06. The number of carbonyl (C=O) groups excluding carboxylic acids is 4. The van der Waals surface area contributed by atoms with Crippen LogP contribution in [0.25, 0.3) is 0 Å². The molecule has 0 bridgehead atoms. The molecule has 0 spiro atoms. The molecule has 4 amide bonds. The van der Waals surface area contributed by atoms with Crippen molar-refractivity contribution in [1.29, 1.82) is 0 Å². The lowest BCUT2D eigenvalue weighted by Gasteiger charge is -2.49. The number of allylic oxidation sites excluding steroid dienone is 2. The zero-order chi connectivity index (χ0) is 35.1. The maximum absolute atomic E-state index is 14.6. The van der Waals surface area contributed by atoms with Gasteiger partial charge in [-0.05, 0) is 73.7 Å². The van der Waals surface area contributed by atoms with Crippen LogP contribution in [-0.4, -0.2) is 47.9 Å². The van der Waals surface area contributed by atoms with E-state index in [9.17, 15) is 38.8 Å². The van der Waals surface area contributed by atoms with Crippen LogP contribution in [0.4, 0.5) is 21.5 Å². The van der Waals surface area contributed by atoms with Crippen molar-refractivity contribution in [1.82, 2.24) is 0 Å². The summed E-state index contributed by atoms with van der Waals surface area (Å²) in [7, 11) is 2.72. The maximum Gasteiger partial charge on any atom is 0.269 e. The minimum Gasteiger partial charge on any atom is -0.502 e. The highest BCUT2D eigenvalue weighted by Gasteiger charge is 2.67.